The molecule has 1 amide bonds. The molecule has 2 atom stereocenters. The van der Waals surface area contributed by atoms with Gasteiger partial charge in [0.15, 0.2) is 0 Å². The SMILES string of the molecule is CCN(CC)C(=O)C1C(N)=C(C#N)C(c2ccccc2)(c2ccccc2)C1c1ccccc1. The van der Waals surface area contributed by atoms with Crippen molar-refractivity contribution in [2.24, 2.45) is 11.7 Å². The van der Waals surface area contributed by atoms with Crippen molar-refractivity contribution in [3.63, 3.8) is 0 Å². The predicted molar refractivity (Wildman–Crippen MR) is 131 cm³/mol. The second-order valence-corrected chi connectivity index (χ2v) is 8.36. The maximum absolute atomic E-state index is 13.9. The van der Waals surface area contributed by atoms with Crippen molar-refractivity contribution in [3.05, 3.63) is 119 Å². The van der Waals surface area contributed by atoms with Gasteiger partial charge < -0.3 is 10.6 Å². The predicted octanol–water partition coefficient (Wildman–Crippen LogP) is 4.99. The number of hydrogen-bond acceptors (Lipinski definition) is 3. The third kappa shape index (κ3) is 3.50. The van der Waals surface area contributed by atoms with Crippen LogP contribution in [0.3, 0.4) is 0 Å². The van der Waals surface area contributed by atoms with Gasteiger partial charge in [-0.3, -0.25) is 4.79 Å². The van der Waals surface area contributed by atoms with E-state index < -0.39 is 11.3 Å². The molecule has 3 aromatic carbocycles. The van der Waals surface area contributed by atoms with Crippen LogP contribution in [0.4, 0.5) is 0 Å². The van der Waals surface area contributed by atoms with E-state index in [9.17, 15) is 10.1 Å². The molecule has 0 saturated heterocycles. The number of nitrogens with two attached hydrogens (primary N) is 1. The Hall–Kier alpha value is -3.84. The Morgan fingerprint density at radius 3 is 1.76 bits per heavy atom. The van der Waals surface area contributed by atoms with Crippen LogP contribution in [0, 0.1) is 17.2 Å². The Balaban J connectivity index is 2.11. The Labute approximate surface area is 196 Å². The average molecular weight is 436 g/mol. The first-order valence-corrected chi connectivity index (χ1v) is 11.5. The smallest absolute Gasteiger partial charge is 0.232 e. The maximum atomic E-state index is 13.9. The molecule has 2 N–H and O–H groups in total. The lowest BCUT2D eigenvalue weighted by atomic mass is 9.61. The quantitative estimate of drug-likeness (QED) is 0.593. The number of hydrogen-bond donors (Lipinski definition) is 1. The van der Waals surface area contributed by atoms with Crippen LogP contribution in [0.15, 0.2) is 102 Å². The second kappa shape index (κ2) is 9.34. The monoisotopic (exact) mass is 435 g/mol. The first-order valence-electron chi connectivity index (χ1n) is 11.5. The largest absolute Gasteiger partial charge is 0.401 e. The summed E-state index contributed by atoms with van der Waals surface area (Å²) in [6, 6.07) is 32.5. The van der Waals surface area contributed by atoms with E-state index >= 15 is 0 Å². The fourth-order valence-electron chi connectivity index (χ4n) is 5.45. The number of amides is 1. The van der Waals surface area contributed by atoms with Crippen molar-refractivity contribution in [3.8, 4) is 6.07 Å². The van der Waals surface area contributed by atoms with Crippen LogP contribution in [0.1, 0.15) is 36.5 Å². The summed E-state index contributed by atoms with van der Waals surface area (Å²) in [5.74, 6) is -1.03. The van der Waals surface area contributed by atoms with E-state index in [1.165, 1.54) is 0 Å². The lowest BCUT2D eigenvalue weighted by molar-refractivity contribution is -0.134. The van der Waals surface area contributed by atoms with E-state index in [0.29, 0.717) is 24.4 Å². The van der Waals surface area contributed by atoms with Crippen LogP contribution < -0.4 is 5.73 Å². The van der Waals surface area contributed by atoms with Gasteiger partial charge in [-0.25, -0.2) is 0 Å². The minimum absolute atomic E-state index is 0.0344. The molecular weight excluding hydrogens is 406 g/mol. The number of rotatable bonds is 6. The molecule has 0 aliphatic heterocycles. The molecule has 0 heterocycles. The summed E-state index contributed by atoms with van der Waals surface area (Å²) < 4.78 is 0. The molecule has 3 aromatic rings. The van der Waals surface area contributed by atoms with E-state index in [4.69, 9.17) is 5.73 Å². The van der Waals surface area contributed by atoms with Crippen LogP contribution in [0.5, 0.6) is 0 Å². The lowest BCUT2D eigenvalue weighted by Gasteiger charge is -2.40. The van der Waals surface area contributed by atoms with Crippen LogP contribution in [-0.2, 0) is 10.2 Å². The van der Waals surface area contributed by atoms with Crippen molar-refractivity contribution in [2.75, 3.05) is 13.1 Å². The third-order valence-electron chi connectivity index (χ3n) is 6.89. The Bertz CT molecular complexity index is 1140. The average Bonchev–Trinajstić information content (AvgIpc) is 3.15. The molecule has 0 radical (unpaired) electrons. The number of carbonyl (C=O) groups excluding carboxylic acids is 1. The van der Waals surface area contributed by atoms with E-state index in [1.54, 1.807) is 0 Å². The molecule has 4 nitrogen and oxygen atoms in total. The minimum atomic E-state index is -0.879. The van der Waals surface area contributed by atoms with Crippen molar-refractivity contribution < 1.29 is 4.79 Å². The number of allylic oxidation sites excluding steroid dienone is 1. The van der Waals surface area contributed by atoms with Gasteiger partial charge in [0.25, 0.3) is 0 Å². The minimum Gasteiger partial charge on any atom is -0.401 e. The molecule has 1 aliphatic rings. The Morgan fingerprint density at radius 2 is 1.33 bits per heavy atom. The number of benzene rings is 3. The molecule has 0 fully saturated rings. The molecule has 1 aliphatic carbocycles. The lowest BCUT2D eigenvalue weighted by Crippen LogP contribution is -2.43. The van der Waals surface area contributed by atoms with Gasteiger partial charge in [-0.2, -0.15) is 5.26 Å². The summed E-state index contributed by atoms with van der Waals surface area (Å²) >= 11 is 0. The fraction of sp³-hybridized carbons (Fsp3) is 0.241. The molecule has 4 rings (SSSR count). The molecule has 0 bridgehead atoms. The van der Waals surface area contributed by atoms with Gasteiger partial charge >= 0.3 is 0 Å². The summed E-state index contributed by atoms with van der Waals surface area (Å²) in [6.07, 6.45) is 0. The highest BCUT2D eigenvalue weighted by Gasteiger charge is 2.58. The van der Waals surface area contributed by atoms with Gasteiger partial charge in [-0.1, -0.05) is 91.0 Å². The molecule has 0 spiro atoms. The summed E-state index contributed by atoms with van der Waals surface area (Å²) in [5.41, 5.74) is 9.62. The summed E-state index contributed by atoms with van der Waals surface area (Å²) in [6.45, 7) is 5.12. The molecule has 166 valence electrons. The summed E-state index contributed by atoms with van der Waals surface area (Å²) in [5, 5.41) is 10.5. The molecule has 0 saturated carbocycles. The summed E-state index contributed by atoms with van der Waals surface area (Å²) in [4.78, 5) is 15.7. The summed E-state index contributed by atoms with van der Waals surface area (Å²) in [7, 11) is 0. The number of nitriles is 1. The van der Waals surface area contributed by atoms with Crippen LogP contribution in [-0.4, -0.2) is 23.9 Å². The standard InChI is InChI=1S/C29H29N3O/c1-3-32(4-2)28(33)25-26(21-14-8-5-9-15-21)29(24(20-30)27(25)31,22-16-10-6-11-17-22)23-18-12-7-13-19-23/h5-19,25-26H,3-4,31H2,1-2H3. The van der Waals surface area contributed by atoms with Crippen LogP contribution in [0.2, 0.25) is 0 Å². The van der Waals surface area contributed by atoms with Gasteiger partial charge in [0, 0.05) is 24.7 Å². The van der Waals surface area contributed by atoms with E-state index in [1.807, 2.05) is 110 Å². The highest BCUT2D eigenvalue weighted by molar-refractivity contribution is 5.86. The van der Waals surface area contributed by atoms with E-state index in [2.05, 4.69) is 6.07 Å². The Morgan fingerprint density at radius 1 is 0.879 bits per heavy atom. The van der Waals surface area contributed by atoms with E-state index in [0.717, 1.165) is 16.7 Å². The third-order valence-corrected chi connectivity index (χ3v) is 6.89. The zero-order chi connectivity index (χ0) is 23.4. The number of nitrogens with zero attached hydrogens (tertiary/aromatic N) is 2. The first-order chi connectivity index (χ1) is 16.1. The van der Waals surface area contributed by atoms with Gasteiger partial charge in [-0.15, -0.1) is 0 Å². The number of carbonyl (C=O) groups is 1. The van der Waals surface area contributed by atoms with Crippen molar-refractivity contribution >= 4 is 5.91 Å². The highest BCUT2D eigenvalue weighted by atomic mass is 16.2. The van der Waals surface area contributed by atoms with Crippen molar-refractivity contribution in [1.82, 2.24) is 4.90 Å². The van der Waals surface area contributed by atoms with Gasteiger partial charge in [-0.05, 0) is 30.5 Å². The molecule has 33 heavy (non-hydrogen) atoms. The molecule has 2 unspecified atom stereocenters. The fourth-order valence-corrected chi connectivity index (χ4v) is 5.45. The molecule has 4 heteroatoms. The van der Waals surface area contributed by atoms with Crippen molar-refractivity contribution in [2.45, 2.75) is 25.2 Å². The second-order valence-electron chi connectivity index (χ2n) is 8.36. The van der Waals surface area contributed by atoms with Gasteiger partial charge in [0.05, 0.1) is 23.0 Å². The zero-order valence-electron chi connectivity index (χ0n) is 19.1. The van der Waals surface area contributed by atoms with E-state index in [-0.39, 0.29) is 11.8 Å². The maximum Gasteiger partial charge on any atom is 0.232 e. The zero-order valence-corrected chi connectivity index (χ0v) is 19.1. The molecule has 0 aromatic heterocycles. The molecular formula is C29H29N3O. The van der Waals surface area contributed by atoms with Crippen molar-refractivity contribution in [1.29, 1.82) is 5.26 Å². The normalized spacial score (nSPS) is 19.2. The van der Waals surface area contributed by atoms with Gasteiger partial charge in [0.2, 0.25) is 5.91 Å². The first kappa shape index (κ1) is 22.4. The van der Waals surface area contributed by atoms with Crippen LogP contribution in [0.25, 0.3) is 0 Å². The Kier molecular flexibility index (Phi) is 6.33. The topological polar surface area (TPSA) is 70.1 Å². The van der Waals surface area contributed by atoms with Crippen LogP contribution >= 0.6 is 0 Å². The van der Waals surface area contributed by atoms with Gasteiger partial charge in [0.1, 0.15) is 0 Å². The highest BCUT2D eigenvalue weighted by Crippen LogP contribution is 2.59.